The van der Waals surface area contributed by atoms with E-state index in [-0.39, 0.29) is 18.1 Å². The summed E-state index contributed by atoms with van der Waals surface area (Å²) in [5, 5.41) is 6.15. The topological polar surface area (TPSA) is 50.4 Å². The first kappa shape index (κ1) is 13.8. The lowest BCUT2D eigenvalue weighted by molar-refractivity contribution is -0.118. The molecule has 0 spiro atoms. The van der Waals surface area contributed by atoms with Gasteiger partial charge in [0.2, 0.25) is 5.91 Å². The average Bonchev–Trinajstić information content (AvgIpc) is 2.83. The van der Waals surface area contributed by atoms with Crippen LogP contribution in [0.25, 0.3) is 0 Å². The number of ether oxygens (including phenoxy) is 1. The van der Waals surface area contributed by atoms with Gasteiger partial charge in [-0.3, -0.25) is 4.79 Å². The van der Waals surface area contributed by atoms with Gasteiger partial charge in [0.1, 0.15) is 0 Å². The predicted molar refractivity (Wildman–Crippen MR) is 79.7 cm³/mol. The number of benzene rings is 1. The molecule has 1 aromatic carbocycles. The molecule has 0 aliphatic carbocycles. The van der Waals surface area contributed by atoms with Gasteiger partial charge >= 0.3 is 0 Å². The fourth-order valence-electron chi connectivity index (χ4n) is 2.05. The van der Waals surface area contributed by atoms with Crippen LogP contribution in [0.3, 0.4) is 0 Å². The van der Waals surface area contributed by atoms with Gasteiger partial charge in [-0.1, -0.05) is 6.07 Å². The van der Waals surface area contributed by atoms with Gasteiger partial charge in [0.15, 0.2) is 0 Å². The number of anilines is 1. The molecule has 2 atom stereocenters. The lowest BCUT2D eigenvalue weighted by Gasteiger charge is -2.13. The summed E-state index contributed by atoms with van der Waals surface area (Å²) in [6, 6.07) is 5.75. The number of nitrogens with one attached hydrogen (secondary N) is 2. The number of amides is 1. The molecule has 18 heavy (non-hydrogen) atoms. The molecule has 5 heteroatoms. The highest BCUT2D eigenvalue weighted by molar-refractivity contribution is 14.1. The maximum Gasteiger partial charge on any atom is 0.241 e. The predicted octanol–water partition coefficient (Wildman–Crippen LogP) is 1.92. The maximum atomic E-state index is 12.1. The van der Waals surface area contributed by atoms with Gasteiger partial charge in [-0.15, -0.1) is 0 Å². The molecule has 98 valence electrons. The van der Waals surface area contributed by atoms with Crippen molar-refractivity contribution in [2.24, 2.45) is 0 Å². The van der Waals surface area contributed by atoms with Crippen LogP contribution in [-0.2, 0) is 9.53 Å². The van der Waals surface area contributed by atoms with Crippen LogP contribution in [0.2, 0.25) is 0 Å². The molecule has 2 rings (SSSR count). The third-order valence-corrected chi connectivity index (χ3v) is 4.43. The smallest absolute Gasteiger partial charge is 0.241 e. The average molecular weight is 360 g/mol. The fraction of sp³-hybridized carbons (Fsp3) is 0.462. The molecular formula is C13H17IN2O2. The number of methoxy groups -OCH3 is 1. The van der Waals surface area contributed by atoms with Gasteiger partial charge in [0, 0.05) is 22.9 Å². The Morgan fingerprint density at radius 2 is 2.33 bits per heavy atom. The van der Waals surface area contributed by atoms with Crippen LogP contribution in [0.5, 0.6) is 0 Å². The maximum absolute atomic E-state index is 12.1. The number of rotatable bonds is 3. The highest BCUT2D eigenvalue weighted by Gasteiger charge is 2.29. The van der Waals surface area contributed by atoms with Crippen LogP contribution in [0.4, 0.5) is 5.69 Å². The second kappa shape index (κ2) is 5.99. The number of hydrogen-bond acceptors (Lipinski definition) is 3. The SMILES string of the molecule is COC1CNC(C(=O)Nc2cccc(I)c2C)C1. The third-order valence-electron chi connectivity index (χ3n) is 3.27. The van der Waals surface area contributed by atoms with Gasteiger partial charge in [-0.25, -0.2) is 0 Å². The lowest BCUT2D eigenvalue weighted by atomic mass is 10.1. The van der Waals surface area contributed by atoms with Gasteiger partial charge in [0.05, 0.1) is 12.1 Å². The quantitative estimate of drug-likeness (QED) is 0.810. The minimum atomic E-state index is -0.160. The summed E-state index contributed by atoms with van der Waals surface area (Å²) in [7, 11) is 1.68. The Bertz CT molecular complexity index is 451. The third kappa shape index (κ3) is 3.02. The second-order valence-electron chi connectivity index (χ2n) is 4.46. The van der Waals surface area contributed by atoms with E-state index in [1.165, 1.54) is 0 Å². The van der Waals surface area contributed by atoms with E-state index in [4.69, 9.17) is 4.74 Å². The van der Waals surface area contributed by atoms with E-state index in [0.29, 0.717) is 0 Å². The van der Waals surface area contributed by atoms with Crippen molar-refractivity contribution in [3.8, 4) is 0 Å². The van der Waals surface area contributed by atoms with Gasteiger partial charge in [-0.05, 0) is 53.6 Å². The standard InChI is InChI=1S/C13H17IN2O2/c1-8-10(14)4-3-5-11(8)16-13(17)12-6-9(18-2)7-15-12/h3-5,9,12,15H,6-7H2,1-2H3,(H,16,17). The van der Waals surface area contributed by atoms with E-state index in [1.54, 1.807) is 7.11 Å². The Balaban J connectivity index is 2.01. The van der Waals surface area contributed by atoms with Crippen molar-refractivity contribution < 1.29 is 9.53 Å². The zero-order chi connectivity index (χ0) is 13.1. The van der Waals surface area contributed by atoms with Crippen molar-refractivity contribution >= 4 is 34.2 Å². The Kier molecular flexibility index (Phi) is 4.58. The van der Waals surface area contributed by atoms with Crippen LogP contribution < -0.4 is 10.6 Å². The zero-order valence-electron chi connectivity index (χ0n) is 10.5. The van der Waals surface area contributed by atoms with Crippen molar-refractivity contribution in [3.05, 3.63) is 27.3 Å². The molecule has 1 aliphatic heterocycles. The van der Waals surface area contributed by atoms with E-state index >= 15 is 0 Å². The summed E-state index contributed by atoms with van der Waals surface area (Å²) in [5.41, 5.74) is 1.99. The summed E-state index contributed by atoms with van der Waals surface area (Å²) in [6.45, 7) is 2.75. The molecule has 0 aromatic heterocycles. The Labute approximate surface area is 121 Å². The van der Waals surface area contributed by atoms with Crippen LogP contribution >= 0.6 is 22.6 Å². The molecule has 1 aromatic rings. The number of carbonyl (C=O) groups excluding carboxylic acids is 1. The first-order chi connectivity index (χ1) is 8.61. The van der Waals surface area contributed by atoms with Gasteiger partial charge in [-0.2, -0.15) is 0 Å². The first-order valence-electron chi connectivity index (χ1n) is 5.94. The van der Waals surface area contributed by atoms with Crippen molar-refractivity contribution in [2.45, 2.75) is 25.5 Å². The summed E-state index contributed by atoms with van der Waals surface area (Å²) >= 11 is 2.27. The molecule has 1 aliphatic rings. The zero-order valence-corrected chi connectivity index (χ0v) is 12.7. The monoisotopic (exact) mass is 360 g/mol. The molecular weight excluding hydrogens is 343 g/mol. The molecule has 4 nitrogen and oxygen atoms in total. The van der Waals surface area contributed by atoms with E-state index in [1.807, 2.05) is 25.1 Å². The van der Waals surface area contributed by atoms with E-state index in [2.05, 4.69) is 33.2 Å². The highest BCUT2D eigenvalue weighted by atomic mass is 127. The molecule has 1 heterocycles. The van der Waals surface area contributed by atoms with Crippen molar-refractivity contribution in [1.29, 1.82) is 0 Å². The number of carbonyl (C=O) groups is 1. The second-order valence-corrected chi connectivity index (χ2v) is 5.62. The van der Waals surface area contributed by atoms with Gasteiger partial charge < -0.3 is 15.4 Å². The molecule has 0 saturated carbocycles. The van der Waals surface area contributed by atoms with E-state index in [9.17, 15) is 4.79 Å². The Morgan fingerprint density at radius 3 is 3.00 bits per heavy atom. The summed E-state index contributed by atoms with van der Waals surface area (Å²) in [4.78, 5) is 12.1. The van der Waals surface area contributed by atoms with Crippen LogP contribution in [-0.4, -0.2) is 31.7 Å². The van der Waals surface area contributed by atoms with Crippen LogP contribution in [0.1, 0.15) is 12.0 Å². The minimum absolute atomic E-state index is 0.0136. The molecule has 1 saturated heterocycles. The van der Waals surface area contributed by atoms with Gasteiger partial charge in [0.25, 0.3) is 0 Å². The number of hydrogen-bond donors (Lipinski definition) is 2. The Hall–Kier alpha value is -0.660. The van der Waals surface area contributed by atoms with Crippen molar-refractivity contribution in [2.75, 3.05) is 19.0 Å². The van der Waals surface area contributed by atoms with Crippen LogP contribution in [0, 0.1) is 10.5 Å². The van der Waals surface area contributed by atoms with E-state index in [0.717, 1.165) is 27.8 Å². The largest absolute Gasteiger partial charge is 0.380 e. The molecule has 0 bridgehead atoms. The highest BCUT2D eigenvalue weighted by Crippen LogP contribution is 2.21. The first-order valence-corrected chi connectivity index (χ1v) is 7.02. The molecule has 2 N–H and O–H groups in total. The Morgan fingerprint density at radius 1 is 1.56 bits per heavy atom. The molecule has 2 unspecified atom stereocenters. The van der Waals surface area contributed by atoms with Crippen LogP contribution in [0.15, 0.2) is 18.2 Å². The molecule has 0 radical (unpaired) electrons. The summed E-state index contributed by atoms with van der Waals surface area (Å²) in [6.07, 6.45) is 0.864. The summed E-state index contributed by atoms with van der Waals surface area (Å²) in [5.74, 6) is 0.0136. The molecule has 1 amide bonds. The number of halogens is 1. The van der Waals surface area contributed by atoms with E-state index < -0.39 is 0 Å². The van der Waals surface area contributed by atoms with Crippen molar-refractivity contribution in [3.63, 3.8) is 0 Å². The normalized spacial score (nSPS) is 23.1. The fourth-order valence-corrected chi connectivity index (χ4v) is 2.54. The van der Waals surface area contributed by atoms with Crippen molar-refractivity contribution in [1.82, 2.24) is 5.32 Å². The minimum Gasteiger partial charge on any atom is -0.380 e. The summed E-state index contributed by atoms with van der Waals surface area (Å²) < 4.78 is 6.39. The lowest BCUT2D eigenvalue weighted by Crippen LogP contribution is -2.35. The molecule has 1 fully saturated rings.